The Hall–Kier alpha value is -1.73. The molecule has 0 spiro atoms. The molecule has 1 unspecified atom stereocenters. The van der Waals surface area contributed by atoms with Gasteiger partial charge < -0.3 is 21.9 Å². The van der Waals surface area contributed by atoms with E-state index in [1.165, 1.54) is 0 Å². The van der Waals surface area contributed by atoms with Crippen molar-refractivity contribution in [2.24, 2.45) is 5.73 Å². The van der Waals surface area contributed by atoms with Crippen LogP contribution in [-0.2, 0) is 4.79 Å². The zero-order valence-electron chi connectivity index (χ0n) is 8.21. The van der Waals surface area contributed by atoms with Gasteiger partial charge in [0.15, 0.2) is 11.6 Å². The second-order valence-electron chi connectivity index (χ2n) is 3.10. The standard InChI is InChI=1S/C9H11F2N3O2/c10-4-1-2-5(12)8(7(4)11)14-9(16)6(13)3-15/h1-2,6,15H,3,12-13H2,(H,14,16). The van der Waals surface area contributed by atoms with Crippen LogP contribution in [0.4, 0.5) is 20.2 Å². The van der Waals surface area contributed by atoms with E-state index in [1.807, 2.05) is 5.32 Å². The number of hydrogen-bond donors (Lipinski definition) is 4. The molecule has 7 heteroatoms. The summed E-state index contributed by atoms with van der Waals surface area (Å²) in [7, 11) is 0. The third kappa shape index (κ3) is 2.44. The van der Waals surface area contributed by atoms with Crippen molar-refractivity contribution in [2.45, 2.75) is 6.04 Å². The number of nitrogens with two attached hydrogens (primary N) is 2. The number of hydrogen-bond acceptors (Lipinski definition) is 4. The van der Waals surface area contributed by atoms with Gasteiger partial charge in [0.1, 0.15) is 11.7 Å². The minimum atomic E-state index is -1.27. The van der Waals surface area contributed by atoms with Crippen molar-refractivity contribution in [1.82, 2.24) is 0 Å². The second kappa shape index (κ2) is 4.86. The van der Waals surface area contributed by atoms with Gasteiger partial charge in [0.25, 0.3) is 0 Å². The molecule has 1 atom stereocenters. The predicted molar refractivity (Wildman–Crippen MR) is 54.5 cm³/mol. The number of benzene rings is 1. The van der Waals surface area contributed by atoms with E-state index in [1.54, 1.807) is 0 Å². The van der Waals surface area contributed by atoms with Crippen molar-refractivity contribution in [1.29, 1.82) is 0 Å². The number of anilines is 2. The highest BCUT2D eigenvalue weighted by Gasteiger charge is 2.18. The highest BCUT2D eigenvalue weighted by molar-refractivity contribution is 5.97. The molecule has 0 saturated carbocycles. The van der Waals surface area contributed by atoms with Gasteiger partial charge in [-0.25, -0.2) is 8.78 Å². The minimum Gasteiger partial charge on any atom is -0.397 e. The van der Waals surface area contributed by atoms with E-state index in [-0.39, 0.29) is 5.69 Å². The normalized spacial score (nSPS) is 12.2. The van der Waals surface area contributed by atoms with Crippen molar-refractivity contribution in [2.75, 3.05) is 17.7 Å². The molecule has 0 fully saturated rings. The molecule has 0 aromatic heterocycles. The van der Waals surface area contributed by atoms with Crippen LogP contribution in [0.15, 0.2) is 12.1 Å². The third-order valence-electron chi connectivity index (χ3n) is 1.91. The van der Waals surface area contributed by atoms with Gasteiger partial charge >= 0.3 is 0 Å². The highest BCUT2D eigenvalue weighted by Crippen LogP contribution is 2.24. The Bertz CT molecular complexity index is 412. The van der Waals surface area contributed by atoms with Crippen LogP contribution >= 0.6 is 0 Å². The molecule has 88 valence electrons. The van der Waals surface area contributed by atoms with Crippen LogP contribution in [0, 0.1) is 11.6 Å². The Morgan fingerprint density at radius 2 is 2.12 bits per heavy atom. The first kappa shape index (κ1) is 12.3. The van der Waals surface area contributed by atoms with Gasteiger partial charge in [-0.05, 0) is 12.1 Å². The fourth-order valence-electron chi connectivity index (χ4n) is 0.991. The van der Waals surface area contributed by atoms with Gasteiger partial charge in [0.2, 0.25) is 5.91 Å². The average molecular weight is 231 g/mol. The van der Waals surface area contributed by atoms with E-state index < -0.39 is 35.9 Å². The van der Waals surface area contributed by atoms with Crippen LogP contribution in [0.2, 0.25) is 0 Å². The summed E-state index contributed by atoms with van der Waals surface area (Å²) >= 11 is 0. The SMILES string of the molecule is Nc1ccc(F)c(F)c1NC(=O)C(N)CO. The lowest BCUT2D eigenvalue weighted by Gasteiger charge is -2.12. The number of rotatable bonds is 3. The molecule has 6 N–H and O–H groups in total. The number of amides is 1. The molecule has 0 radical (unpaired) electrons. The molecular formula is C9H11F2N3O2. The van der Waals surface area contributed by atoms with Crippen LogP contribution in [0.5, 0.6) is 0 Å². The fourth-order valence-corrected chi connectivity index (χ4v) is 0.991. The first-order valence-corrected chi connectivity index (χ1v) is 4.38. The second-order valence-corrected chi connectivity index (χ2v) is 3.10. The summed E-state index contributed by atoms with van der Waals surface area (Å²) < 4.78 is 26.0. The number of nitrogen functional groups attached to an aromatic ring is 1. The first-order chi connectivity index (χ1) is 7.47. The Morgan fingerprint density at radius 3 is 2.69 bits per heavy atom. The maximum Gasteiger partial charge on any atom is 0.243 e. The van der Waals surface area contributed by atoms with E-state index >= 15 is 0 Å². The quantitative estimate of drug-likeness (QED) is 0.541. The summed E-state index contributed by atoms with van der Waals surface area (Å²) in [6.45, 7) is -0.608. The molecule has 0 aliphatic rings. The number of carbonyl (C=O) groups is 1. The molecule has 0 aliphatic heterocycles. The summed E-state index contributed by atoms with van der Waals surface area (Å²) in [4.78, 5) is 11.2. The molecule has 1 aromatic rings. The molecule has 0 bridgehead atoms. The number of carbonyl (C=O) groups excluding carboxylic acids is 1. The molecule has 1 rings (SSSR count). The molecule has 16 heavy (non-hydrogen) atoms. The first-order valence-electron chi connectivity index (χ1n) is 4.38. The zero-order chi connectivity index (χ0) is 12.3. The third-order valence-corrected chi connectivity index (χ3v) is 1.91. The van der Waals surface area contributed by atoms with Gasteiger partial charge in [0.05, 0.1) is 12.3 Å². The summed E-state index contributed by atoms with van der Waals surface area (Å²) in [5, 5.41) is 10.6. The maximum absolute atomic E-state index is 13.2. The average Bonchev–Trinajstić information content (AvgIpc) is 2.28. The summed E-state index contributed by atoms with van der Waals surface area (Å²) in [6, 6.07) is 0.729. The van der Waals surface area contributed by atoms with Crippen LogP contribution in [-0.4, -0.2) is 23.7 Å². The number of halogens is 2. The summed E-state index contributed by atoms with van der Waals surface area (Å²) in [6.07, 6.45) is 0. The fraction of sp³-hybridized carbons (Fsp3) is 0.222. The minimum absolute atomic E-state index is 0.127. The summed E-state index contributed by atoms with van der Waals surface area (Å²) in [5.74, 6) is -3.25. The Labute approximate surface area is 90.0 Å². The van der Waals surface area contributed by atoms with Crippen molar-refractivity contribution >= 4 is 17.3 Å². The number of nitrogens with one attached hydrogen (secondary N) is 1. The molecule has 0 heterocycles. The zero-order valence-corrected chi connectivity index (χ0v) is 8.21. The Kier molecular flexibility index (Phi) is 3.75. The maximum atomic E-state index is 13.2. The lowest BCUT2D eigenvalue weighted by Crippen LogP contribution is -2.38. The lowest BCUT2D eigenvalue weighted by molar-refractivity contribution is -0.118. The molecule has 5 nitrogen and oxygen atoms in total. The number of aliphatic hydroxyl groups is 1. The van der Waals surface area contributed by atoms with Crippen LogP contribution < -0.4 is 16.8 Å². The highest BCUT2D eigenvalue weighted by atomic mass is 19.2. The van der Waals surface area contributed by atoms with Gasteiger partial charge in [-0.2, -0.15) is 0 Å². The lowest BCUT2D eigenvalue weighted by atomic mass is 10.2. The van der Waals surface area contributed by atoms with E-state index in [2.05, 4.69) is 0 Å². The van der Waals surface area contributed by atoms with Gasteiger partial charge in [-0.3, -0.25) is 4.79 Å². The summed E-state index contributed by atoms with van der Waals surface area (Å²) in [5.41, 5.74) is 9.93. The van der Waals surface area contributed by atoms with E-state index in [0.29, 0.717) is 0 Å². The van der Waals surface area contributed by atoms with Crippen LogP contribution in [0.3, 0.4) is 0 Å². The molecule has 0 aliphatic carbocycles. The van der Waals surface area contributed by atoms with Crippen molar-refractivity contribution < 1.29 is 18.7 Å². The van der Waals surface area contributed by atoms with E-state index in [9.17, 15) is 13.6 Å². The molecule has 1 amide bonds. The van der Waals surface area contributed by atoms with Crippen molar-refractivity contribution in [3.05, 3.63) is 23.8 Å². The number of aliphatic hydroxyl groups excluding tert-OH is 1. The molecular weight excluding hydrogens is 220 g/mol. The van der Waals surface area contributed by atoms with Gasteiger partial charge in [0, 0.05) is 0 Å². The van der Waals surface area contributed by atoms with Crippen LogP contribution in [0.1, 0.15) is 0 Å². The van der Waals surface area contributed by atoms with E-state index in [0.717, 1.165) is 12.1 Å². The Morgan fingerprint density at radius 1 is 1.50 bits per heavy atom. The van der Waals surface area contributed by atoms with Crippen molar-refractivity contribution in [3.8, 4) is 0 Å². The van der Waals surface area contributed by atoms with Crippen LogP contribution in [0.25, 0.3) is 0 Å². The molecule has 0 saturated heterocycles. The van der Waals surface area contributed by atoms with Gasteiger partial charge in [-0.15, -0.1) is 0 Å². The van der Waals surface area contributed by atoms with E-state index in [4.69, 9.17) is 16.6 Å². The molecule has 1 aromatic carbocycles. The Balaban J connectivity index is 2.97. The van der Waals surface area contributed by atoms with Crippen molar-refractivity contribution in [3.63, 3.8) is 0 Å². The monoisotopic (exact) mass is 231 g/mol. The smallest absolute Gasteiger partial charge is 0.243 e. The van der Waals surface area contributed by atoms with Gasteiger partial charge in [-0.1, -0.05) is 0 Å². The predicted octanol–water partition coefficient (Wildman–Crippen LogP) is -0.195. The largest absolute Gasteiger partial charge is 0.397 e. The topological polar surface area (TPSA) is 101 Å².